The van der Waals surface area contributed by atoms with Crippen molar-refractivity contribution in [2.75, 3.05) is 38.0 Å². The Bertz CT molecular complexity index is 1090. The van der Waals surface area contributed by atoms with Gasteiger partial charge in [-0.15, -0.1) is 10.2 Å². The minimum Gasteiger partial charge on any atom is -0.467 e. The highest BCUT2D eigenvalue weighted by Gasteiger charge is 2.23. The Morgan fingerprint density at radius 2 is 1.87 bits per heavy atom. The molecule has 0 bridgehead atoms. The zero-order valence-corrected chi connectivity index (χ0v) is 17.4. The third-order valence-corrected chi connectivity index (χ3v) is 6.06. The zero-order valence-electron chi connectivity index (χ0n) is 16.6. The molecule has 0 unspecified atom stereocenters. The summed E-state index contributed by atoms with van der Waals surface area (Å²) in [5.41, 5.74) is 2.02. The Morgan fingerprint density at radius 3 is 2.71 bits per heavy atom. The van der Waals surface area contributed by atoms with Gasteiger partial charge in [-0.25, -0.2) is 8.78 Å². The fraction of sp³-hybridized carbons (Fsp3) is 0.333. The predicted octanol–water partition coefficient (Wildman–Crippen LogP) is 3.54. The smallest absolute Gasteiger partial charge is 0.232 e. The lowest BCUT2D eigenvalue weighted by atomic mass is 10.1. The highest BCUT2D eigenvalue weighted by Crippen LogP contribution is 2.35. The number of halogens is 2. The van der Waals surface area contributed by atoms with Crippen LogP contribution in [0, 0.1) is 11.6 Å². The van der Waals surface area contributed by atoms with Crippen molar-refractivity contribution in [1.29, 1.82) is 0 Å². The number of anilines is 1. The lowest BCUT2D eigenvalue weighted by Gasteiger charge is -2.28. The largest absolute Gasteiger partial charge is 0.467 e. The van der Waals surface area contributed by atoms with E-state index in [1.54, 1.807) is 6.07 Å². The fourth-order valence-corrected chi connectivity index (χ4v) is 4.59. The standard InChI is InChI=1S/C21H20F2N4O3S/c22-16-2-1-3-18(10-16)27-20(26-4-6-28-7-5-26)24-25-21(27)31-12-15-9-17(23)8-14-11-29-13-30-19(14)15/h1-3,8-10H,4-7,11-13H2. The van der Waals surface area contributed by atoms with Crippen molar-refractivity contribution in [3.05, 3.63) is 59.2 Å². The Hall–Kier alpha value is -2.69. The predicted molar refractivity (Wildman–Crippen MR) is 111 cm³/mol. The summed E-state index contributed by atoms with van der Waals surface area (Å²) in [6.45, 7) is 2.97. The monoisotopic (exact) mass is 446 g/mol. The zero-order chi connectivity index (χ0) is 21.2. The molecule has 0 atom stereocenters. The third kappa shape index (κ3) is 4.23. The molecule has 0 N–H and O–H groups in total. The third-order valence-electron chi connectivity index (χ3n) is 5.09. The van der Waals surface area contributed by atoms with Gasteiger partial charge in [0.2, 0.25) is 5.95 Å². The number of morpholine rings is 1. The molecule has 0 amide bonds. The van der Waals surface area contributed by atoms with Crippen molar-refractivity contribution >= 4 is 17.7 Å². The van der Waals surface area contributed by atoms with E-state index in [1.165, 1.54) is 36.0 Å². The van der Waals surface area contributed by atoms with Gasteiger partial charge in [-0.05, 0) is 30.3 Å². The Kier molecular flexibility index (Phi) is 5.75. The lowest BCUT2D eigenvalue weighted by Crippen LogP contribution is -2.37. The van der Waals surface area contributed by atoms with Gasteiger partial charge in [-0.3, -0.25) is 4.57 Å². The highest BCUT2D eigenvalue weighted by atomic mass is 32.2. The molecule has 3 heterocycles. The minimum absolute atomic E-state index is 0.136. The van der Waals surface area contributed by atoms with Gasteiger partial charge >= 0.3 is 0 Å². The van der Waals surface area contributed by atoms with E-state index in [4.69, 9.17) is 14.2 Å². The Balaban J connectivity index is 1.48. The topological polar surface area (TPSA) is 61.6 Å². The van der Waals surface area contributed by atoms with E-state index >= 15 is 0 Å². The molecule has 162 valence electrons. The van der Waals surface area contributed by atoms with Gasteiger partial charge in [0.15, 0.2) is 11.9 Å². The summed E-state index contributed by atoms with van der Waals surface area (Å²) < 4.78 is 46.2. The summed E-state index contributed by atoms with van der Waals surface area (Å²) in [5, 5.41) is 9.32. The molecule has 3 aromatic rings. The molecule has 0 spiro atoms. The van der Waals surface area contributed by atoms with Gasteiger partial charge in [0.25, 0.3) is 0 Å². The van der Waals surface area contributed by atoms with Crippen LogP contribution in [-0.2, 0) is 21.8 Å². The van der Waals surface area contributed by atoms with Crippen LogP contribution in [0.2, 0.25) is 0 Å². The molecule has 0 saturated carbocycles. The maximum absolute atomic E-state index is 14.1. The van der Waals surface area contributed by atoms with E-state index in [2.05, 4.69) is 15.1 Å². The molecule has 1 aromatic heterocycles. The molecule has 1 fully saturated rings. The van der Waals surface area contributed by atoms with E-state index in [9.17, 15) is 8.78 Å². The van der Waals surface area contributed by atoms with E-state index in [-0.39, 0.29) is 18.4 Å². The summed E-state index contributed by atoms with van der Waals surface area (Å²) in [4.78, 5) is 2.07. The lowest BCUT2D eigenvalue weighted by molar-refractivity contribution is -0.0171. The van der Waals surface area contributed by atoms with E-state index in [0.29, 0.717) is 72.3 Å². The minimum atomic E-state index is -0.345. The first-order valence-electron chi connectivity index (χ1n) is 9.88. The van der Waals surface area contributed by atoms with Crippen LogP contribution in [0.3, 0.4) is 0 Å². The molecule has 2 aliphatic rings. The van der Waals surface area contributed by atoms with Crippen LogP contribution in [-0.4, -0.2) is 47.9 Å². The first-order chi connectivity index (χ1) is 15.2. The van der Waals surface area contributed by atoms with Crippen LogP contribution < -0.4 is 9.64 Å². The number of benzene rings is 2. The quantitative estimate of drug-likeness (QED) is 0.556. The van der Waals surface area contributed by atoms with Crippen LogP contribution in [0.4, 0.5) is 14.7 Å². The average molecular weight is 446 g/mol. The summed E-state index contributed by atoms with van der Waals surface area (Å²) in [6, 6.07) is 9.19. The molecule has 10 heteroatoms. The number of fused-ring (bicyclic) bond motifs is 1. The van der Waals surface area contributed by atoms with Crippen LogP contribution in [0.25, 0.3) is 5.69 Å². The molecule has 0 aliphatic carbocycles. The maximum atomic E-state index is 14.1. The Morgan fingerprint density at radius 1 is 1.00 bits per heavy atom. The number of hydrogen-bond acceptors (Lipinski definition) is 7. The maximum Gasteiger partial charge on any atom is 0.232 e. The van der Waals surface area contributed by atoms with Gasteiger partial charge in [-0.1, -0.05) is 17.8 Å². The molecule has 2 aliphatic heterocycles. The van der Waals surface area contributed by atoms with Gasteiger partial charge in [0.1, 0.15) is 17.4 Å². The van der Waals surface area contributed by atoms with Crippen LogP contribution in [0.5, 0.6) is 5.75 Å². The normalized spacial score (nSPS) is 16.1. The first kappa shape index (κ1) is 20.2. The molecular formula is C21H20F2N4O3S. The van der Waals surface area contributed by atoms with Crippen molar-refractivity contribution in [2.24, 2.45) is 0 Å². The number of thioether (sulfide) groups is 1. The Labute approximate surface area is 181 Å². The van der Waals surface area contributed by atoms with Crippen molar-refractivity contribution in [2.45, 2.75) is 17.5 Å². The molecular weight excluding hydrogens is 426 g/mol. The van der Waals surface area contributed by atoms with Gasteiger partial charge in [0.05, 0.1) is 25.5 Å². The van der Waals surface area contributed by atoms with Crippen molar-refractivity contribution in [1.82, 2.24) is 14.8 Å². The molecule has 0 radical (unpaired) electrons. The number of nitrogens with zero attached hydrogens (tertiary/aromatic N) is 4. The van der Waals surface area contributed by atoms with Crippen LogP contribution in [0.1, 0.15) is 11.1 Å². The number of aromatic nitrogens is 3. The van der Waals surface area contributed by atoms with E-state index in [1.807, 2.05) is 10.6 Å². The van der Waals surface area contributed by atoms with Gasteiger partial charge in [0, 0.05) is 30.0 Å². The molecule has 31 heavy (non-hydrogen) atoms. The second kappa shape index (κ2) is 8.81. The molecule has 7 nitrogen and oxygen atoms in total. The SMILES string of the molecule is Fc1cccc(-n2c(SCc3cc(F)cc4c3OCOC4)nnc2N2CCOCC2)c1. The van der Waals surface area contributed by atoms with Gasteiger partial charge in [-0.2, -0.15) is 0 Å². The second-order valence-electron chi connectivity index (χ2n) is 7.15. The summed E-state index contributed by atoms with van der Waals surface area (Å²) in [7, 11) is 0. The first-order valence-corrected chi connectivity index (χ1v) is 10.9. The summed E-state index contributed by atoms with van der Waals surface area (Å²) >= 11 is 1.39. The number of hydrogen-bond donors (Lipinski definition) is 0. The van der Waals surface area contributed by atoms with Gasteiger partial charge < -0.3 is 19.1 Å². The summed E-state index contributed by atoms with van der Waals surface area (Å²) in [6.07, 6.45) is 0. The molecule has 2 aromatic carbocycles. The number of ether oxygens (including phenoxy) is 3. The fourth-order valence-electron chi connectivity index (χ4n) is 3.67. The molecule has 5 rings (SSSR count). The van der Waals surface area contributed by atoms with Crippen molar-refractivity contribution in [3.63, 3.8) is 0 Å². The highest BCUT2D eigenvalue weighted by molar-refractivity contribution is 7.98. The van der Waals surface area contributed by atoms with Crippen LogP contribution >= 0.6 is 11.8 Å². The number of rotatable bonds is 5. The molecule has 1 saturated heterocycles. The second-order valence-corrected chi connectivity index (χ2v) is 8.09. The summed E-state index contributed by atoms with van der Waals surface area (Å²) in [5.74, 6) is 0.996. The van der Waals surface area contributed by atoms with Crippen molar-refractivity contribution in [3.8, 4) is 11.4 Å². The van der Waals surface area contributed by atoms with Crippen molar-refractivity contribution < 1.29 is 23.0 Å². The van der Waals surface area contributed by atoms with Crippen LogP contribution in [0.15, 0.2) is 41.6 Å². The average Bonchev–Trinajstić information content (AvgIpc) is 3.22. The van der Waals surface area contributed by atoms with E-state index in [0.717, 1.165) is 0 Å². The van der Waals surface area contributed by atoms with E-state index < -0.39 is 0 Å².